The number of hydrogen-bond donors (Lipinski definition) is 1. The Morgan fingerprint density at radius 3 is 2.59 bits per heavy atom. The Bertz CT molecular complexity index is 876. The average Bonchev–Trinajstić information content (AvgIpc) is 3.13. The first-order chi connectivity index (χ1) is 12.4. The fourth-order valence-corrected chi connectivity index (χ4v) is 4.57. The van der Waals surface area contributed by atoms with Crippen LogP contribution in [-0.4, -0.2) is 49.9 Å². The number of halogens is 1. The van der Waals surface area contributed by atoms with Crippen molar-refractivity contribution in [3.63, 3.8) is 0 Å². The molecule has 3 rings (SSSR count). The molecular formula is C19H26ClN3O3S. The molecule has 0 bridgehead atoms. The molecule has 148 valence electrons. The Kier molecular flexibility index (Phi) is 7.08. The van der Waals surface area contributed by atoms with E-state index in [1.54, 1.807) is 30.3 Å². The molecule has 8 heteroatoms. The van der Waals surface area contributed by atoms with Gasteiger partial charge < -0.3 is 10.2 Å². The zero-order valence-electron chi connectivity index (χ0n) is 15.6. The Morgan fingerprint density at radius 2 is 1.93 bits per heavy atom. The minimum Gasteiger partial charge on any atom is -0.338 e. The highest BCUT2D eigenvalue weighted by atomic mass is 35.5. The van der Waals surface area contributed by atoms with Crippen molar-refractivity contribution in [2.75, 3.05) is 26.7 Å². The summed E-state index contributed by atoms with van der Waals surface area (Å²) in [4.78, 5) is 14.8. The van der Waals surface area contributed by atoms with E-state index in [0.717, 1.165) is 35.5 Å². The van der Waals surface area contributed by atoms with Gasteiger partial charge in [0.15, 0.2) is 0 Å². The lowest BCUT2D eigenvalue weighted by molar-refractivity contribution is 0.0674. The fraction of sp³-hybridized carbons (Fsp3) is 0.421. The highest BCUT2D eigenvalue weighted by molar-refractivity contribution is 7.90. The van der Waals surface area contributed by atoms with Gasteiger partial charge in [-0.15, -0.1) is 12.4 Å². The normalized spacial score (nSPS) is 17.4. The number of hydrogen-bond acceptors (Lipinski definition) is 4. The van der Waals surface area contributed by atoms with Gasteiger partial charge in [-0.05, 0) is 57.5 Å². The maximum Gasteiger partial charge on any atom is 0.267 e. The Balaban J connectivity index is 0.00000261. The van der Waals surface area contributed by atoms with Gasteiger partial charge in [-0.2, -0.15) is 0 Å². The van der Waals surface area contributed by atoms with Gasteiger partial charge in [-0.25, -0.2) is 12.4 Å². The SMILES string of the molecule is CNCC1CCCN(C(=O)c2ccn(S(=O)(=O)c3ccc(C)cc3)c2)C1.Cl. The number of nitrogens with zero attached hydrogens (tertiary/aromatic N) is 2. The zero-order chi connectivity index (χ0) is 18.7. The molecule has 1 N–H and O–H groups in total. The van der Waals surface area contributed by atoms with E-state index in [9.17, 15) is 13.2 Å². The lowest BCUT2D eigenvalue weighted by Gasteiger charge is -2.32. The van der Waals surface area contributed by atoms with E-state index in [0.29, 0.717) is 18.0 Å². The highest BCUT2D eigenvalue weighted by Gasteiger charge is 2.26. The molecule has 0 saturated carbocycles. The highest BCUT2D eigenvalue weighted by Crippen LogP contribution is 2.20. The van der Waals surface area contributed by atoms with Crippen LogP contribution in [0, 0.1) is 12.8 Å². The second-order valence-electron chi connectivity index (χ2n) is 6.87. The smallest absolute Gasteiger partial charge is 0.267 e. The summed E-state index contributed by atoms with van der Waals surface area (Å²) in [5.74, 6) is 0.333. The predicted octanol–water partition coefficient (Wildman–Crippen LogP) is 2.53. The number of rotatable bonds is 5. The summed E-state index contributed by atoms with van der Waals surface area (Å²) in [6.45, 7) is 4.21. The van der Waals surface area contributed by atoms with Crippen LogP contribution < -0.4 is 5.32 Å². The molecule has 0 aliphatic carbocycles. The van der Waals surface area contributed by atoms with Gasteiger partial charge in [0.05, 0.1) is 10.5 Å². The molecule has 1 fully saturated rings. The molecule has 2 aromatic rings. The van der Waals surface area contributed by atoms with Crippen molar-refractivity contribution in [2.24, 2.45) is 5.92 Å². The molecular weight excluding hydrogens is 386 g/mol. The van der Waals surface area contributed by atoms with Gasteiger partial charge in [-0.1, -0.05) is 17.7 Å². The lowest BCUT2D eigenvalue weighted by atomic mass is 9.97. The Labute approximate surface area is 167 Å². The van der Waals surface area contributed by atoms with Crippen LogP contribution in [0.1, 0.15) is 28.8 Å². The summed E-state index contributed by atoms with van der Waals surface area (Å²) in [6, 6.07) is 8.27. The van der Waals surface area contributed by atoms with Gasteiger partial charge in [0.2, 0.25) is 0 Å². The second-order valence-corrected chi connectivity index (χ2v) is 8.71. The molecule has 0 radical (unpaired) electrons. The quantitative estimate of drug-likeness (QED) is 0.820. The van der Waals surface area contributed by atoms with E-state index in [-0.39, 0.29) is 23.2 Å². The van der Waals surface area contributed by atoms with Crippen LogP contribution in [0.25, 0.3) is 0 Å². The number of amides is 1. The molecule has 0 spiro atoms. The molecule has 6 nitrogen and oxygen atoms in total. The zero-order valence-corrected chi connectivity index (χ0v) is 17.2. The molecule has 1 amide bonds. The Morgan fingerprint density at radius 1 is 1.22 bits per heavy atom. The Hall–Kier alpha value is -1.83. The first kappa shape index (κ1) is 21.5. The van der Waals surface area contributed by atoms with E-state index in [1.807, 2.05) is 18.9 Å². The van der Waals surface area contributed by atoms with Gasteiger partial charge in [0, 0.05) is 25.5 Å². The standard InChI is InChI=1S/C19H25N3O3S.ClH/c1-15-5-7-18(8-6-15)26(24,25)22-11-9-17(14-22)19(23)21-10-3-4-16(13-21)12-20-2;/h5-9,11,14,16,20H,3-4,10,12-13H2,1-2H3;1H. The van der Waals surface area contributed by atoms with Crippen LogP contribution in [0.5, 0.6) is 0 Å². The van der Waals surface area contributed by atoms with Crippen LogP contribution in [0.3, 0.4) is 0 Å². The van der Waals surface area contributed by atoms with Crippen molar-refractivity contribution in [3.05, 3.63) is 53.9 Å². The summed E-state index contributed by atoms with van der Waals surface area (Å²) in [7, 11) is -1.77. The number of carbonyl (C=O) groups is 1. The topological polar surface area (TPSA) is 71.4 Å². The van der Waals surface area contributed by atoms with Crippen LogP contribution in [0.2, 0.25) is 0 Å². The van der Waals surface area contributed by atoms with E-state index in [4.69, 9.17) is 0 Å². The van der Waals surface area contributed by atoms with Crippen molar-refractivity contribution < 1.29 is 13.2 Å². The predicted molar refractivity (Wildman–Crippen MR) is 108 cm³/mol. The summed E-state index contributed by atoms with van der Waals surface area (Å²) in [5.41, 5.74) is 1.40. The molecule has 27 heavy (non-hydrogen) atoms. The van der Waals surface area contributed by atoms with Crippen molar-refractivity contribution in [1.82, 2.24) is 14.2 Å². The third-order valence-electron chi connectivity index (χ3n) is 4.81. The van der Waals surface area contributed by atoms with Crippen LogP contribution >= 0.6 is 12.4 Å². The number of nitrogens with one attached hydrogen (secondary N) is 1. The first-order valence-corrected chi connectivity index (χ1v) is 10.3. The van der Waals surface area contributed by atoms with Gasteiger partial charge in [-0.3, -0.25) is 4.79 Å². The molecule has 1 aromatic carbocycles. The fourth-order valence-electron chi connectivity index (χ4n) is 3.37. The van der Waals surface area contributed by atoms with Gasteiger partial charge >= 0.3 is 0 Å². The van der Waals surface area contributed by atoms with E-state index in [2.05, 4.69) is 5.32 Å². The van der Waals surface area contributed by atoms with Gasteiger partial charge in [0.1, 0.15) is 0 Å². The minimum atomic E-state index is -3.68. The molecule has 1 saturated heterocycles. The van der Waals surface area contributed by atoms with Crippen molar-refractivity contribution >= 4 is 28.3 Å². The molecule has 1 aliphatic rings. The van der Waals surface area contributed by atoms with Crippen molar-refractivity contribution in [2.45, 2.75) is 24.7 Å². The van der Waals surface area contributed by atoms with E-state index in [1.165, 1.54) is 12.4 Å². The number of carbonyl (C=O) groups excluding carboxylic acids is 1. The lowest BCUT2D eigenvalue weighted by Crippen LogP contribution is -2.42. The third kappa shape index (κ3) is 4.72. The van der Waals surface area contributed by atoms with Crippen LogP contribution in [-0.2, 0) is 10.0 Å². The van der Waals surface area contributed by atoms with Crippen LogP contribution in [0.15, 0.2) is 47.6 Å². The number of benzene rings is 1. The maximum atomic E-state index is 12.8. The van der Waals surface area contributed by atoms with E-state index >= 15 is 0 Å². The van der Waals surface area contributed by atoms with Crippen molar-refractivity contribution in [1.29, 1.82) is 0 Å². The number of piperidine rings is 1. The average molecular weight is 412 g/mol. The number of likely N-dealkylation sites (tertiary alicyclic amines) is 1. The third-order valence-corrected chi connectivity index (χ3v) is 6.46. The summed E-state index contributed by atoms with van der Waals surface area (Å²) >= 11 is 0. The van der Waals surface area contributed by atoms with Gasteiger partial charge in [0.25, 0.3) is 15.9 Å². The summed E-state index contributed by atoms with van der Waals surface area (Å²) < 4.78 is 26.6. The second kappa shape index (κ2) is 8.91. The molecule has 1 unspecified atom stereocenters. The summed E-state index contributed by atoms with van der Waals surface area (Å²) in [6.07, 6.45) is 4.94. The molecule has 1 aliphatic heterocycles. The van der Waals surface area contributed by atoms with Crippen molar-refractivity contribution in [3.8, 4) is 0 Å². The molecule has 1 atom stereocenters. The molecule has 1 aromatic heterocycles. The number of aromatic nitrogens is 1. The first-order valence-electron chi connectivity index (χ1n) is 8.86. The minimum absolute atomic E-state index is 0. The maximum absolute atomic E-state index is 12.8. The summed E-state index contributed by atoms with van der Waals surface area (Å²) in [5, 5.41) is 3.16. The number of aryl methyl sites for hydroxylation is 1. The van der Waals surface area contributed by atoms with E-state index < -0.39 is 10.0 Å². The monoisotopic (exact) mass is 411 g/mol. The largest absolute Gasteiger partial charge is 0.338 e. The molecule has 2 heterocycles. The van der Waals surface area contributed by atoms with Crippen LogP contribution in [0.4, 0.5) is 0 Å².